The van der Waals surface area contributed by atoms with Crippen LogP contribution >= 0.6 is 15.9 Å². The van der Waals surface area contributed by atoms with Crippen molar-refractivity contribution in [3.63, 3.8) is 0 Å². The van der Waals surface area contributed by atoms with Gasteiger partial charge in [-0.15, -0.1) is 0 Å². The highest BCUT2D eigenvalue weighted by Gasteiger charge is 2.05. The molecule has 0 bridgehead atoms. The third-order valence-electron chi connectivity index (χ3n) is 1.51. The van der Waals surface area contributed by atoms with Crippen molar-refractivity contribution < 1.29 is 0 Å². The molecule has 1 atom stereocenters. The van der Waals surface area contributed by atoms with Gasteiger partial charge in [0.2, 0.25) is 5.95 Å². The molecule has 1 rings (SSSR count). The molecule has 0 saturated heterocycles. The minimum Gasteiger partial charge on any atom is -0.342 e. The first kappa shape index (κ1) is 10.4. The van der Waals surface area contributed by atoms with Gasteiger partial charge in [0, 0.05) is 32.0 Å². The van der Waals surface area contributed by atoms with Crippen molar-refractivity contribution >= 4 is 21.9 Å². The maximum Gasteiger partial charge on any atom is 0.225 e. The molecule has 0 amide bonds. The molecule has 0 aliphatic carbocycles. The van der Waals surface area contributed by atoms with Crippen LogP contribution in [0.4, 0.5) is 5.95 Å². The van der Waals surface area contributed by atoms with Gasteiger partial charge in [-0.25, -0.2) is 9.97 Å². The molecule has 0 fully saturated rings. The lowest BCUT2D eigenvalue weighted by molar-refractivity contribution is 0.704. The normalized spacial score (nSPS) is 12.6. The van der Waals surface area contributed by atoms with E-state index in [0.717, 1.165) is 11.0 Å². The third kappa shape index (κ3) is 3.28. The summed E-state index contributed by atoms with van der Waals surface area (Å²) in [5.41, 5.74) is 5.65. The van der Waals surface area contributed by atoms with Gasteiger partial charge in [-0.2, -0.15) is 0 Å². The summed E-state index contributed by atoms with van der Waals surface area (Å²) in [5, 5.41) is 0. The lowest BCUT2D eigenvalue weighted by atomic mass is 10.3. The maximum absolute atomic E-state index is 5.65. The molecule has 1 aromatic rings. The molecular formula is C8H13BrN4. The Hall–Kier alpha value is -0.680. The summed E-state index contributed by atoms with van der Waals surface area (Å²) in [6.07, 6.45) is 3.44. The molecule has 0 saturated carbocycles. The van der Waals surface area contributed by atoms with E-state index in [9.17, 15) is 0 Å². The predicted molar refractivity (Wildman–Crippen MR) is 56.7 cm³/mol. The summed E-state index contributed by atoms with van der Waals surface area (Å²) in [7, 11) is 1.92. The SMILES string of the molecule is CC(N)CN(C)c1ncc(Br)cn1. The van der Waals surface area contributed by atoms with E-state index in [1.54, 1.807) is 12.4 Å². The topological polar surface area (TPSA) is 55.0 Å². The van der Waals surface area contributed by atoms with Gasteiger partial charge in [-0.05, 0) is 22.9 Å². The Kier molecular flexibility index (Phi) is 3.62. The quantitative estimate of drug-likeness (QED) is 0.863. The summed E-state index contributed by atoms with van der Waals surface area (Å²) in [6, 6.07) is 0.122. The van der Waals surface area contributed by atoms with Crippen LogP contribution < -0.4 is 10.6 Å². The van der Waals surface area contributed by atoms with Crippen LogP contribution in [0.3, 0.4) is 0 Å². The molecule has 4 nitrogen and oxygen atoms in total. The second kappa shape index (κ2) is 4.53. The summed E-state index contributed by atoms with van der Waals surface area (Å²) in [5.74, 6) is 0.695. The summed E-state index contributed by atoms with van der Waals surface area (Å²) in [4.78, 5) is 10.2. The zero-order chi connectivity index (χ0) is 9.84. The second-order valence-electron chi connectivity index (χ2n) is 3.06. The minimum atomic E-state index is 0.122. The van der Waals surface area contributed by atoms with E-state index in [0.29, 0.717) is 5.95 Å². The second-order valence-corrected chi connectivity index (χ2v) is 3.97. The molecule has 1 unspecified atom stereocenters. The molecule has 1 heterocycles. The monoisotopic (exact) mass is 244 g/mol. The summed E-state index contributed by atoms with van der Waals surface area (Å²) in [6.45, 7) is 2.71. The Labute approximate surface area is 86.3 Å². The van der Waals surface area contributed by atoms with E-state index in [1.807, 2.05) is 18.9 Å². The molecule has 2 N–H and O–H groups in total. The number of anilines is 1. The number of halogens is 1. The van der Waals surface area contributed by atoms with Crippen LogP contribution in [0.1, 0.15) is 6.92 Å². The highest BCUT2D eigenvalue weighted by atomic mass is 79.9. The number of hydrogen-bond acceptors (Lipinski definition) is 4. The van der Waals surface area contributed by atoms with Crippen LogP contribution in [0.25, 0.3) is 0 Å². The Morgan fingerprint density at radius 2 is 2.08 bits per heavy atom. The molecule has 0 aliphatic heterocycles. The fraction of sp³-hybridized carbons (Fsp3) is 0.500. The van der Waals surface area contributed by atoms with Crippen molar-refractivity contribution in [1.29, 1.82) is 0 Å². The van der Waals surface area contributed by atoms with E-state index in [4.69, 9.17) is 5.73 Å². The zero-order valence-corrected chi connectivity index (χ0v) is 9.32. The van der Waals surface area contributed by atoms with Gasteiger partial charge in [-0.1, -0.05) is 0 Å². The van der Waals surface area contributed by atoms with Crippen molar-refractivity contribution in [2.24, 2.45) is 5.73 Å². The lowest BCUT2D eigenvalue weighted by Gasteiger charge is -2.18. The van der Waals surface area contributed by atoms with Gasteiger partial charge in [0.25, 0.3) is 0 Å². The van der Waals surface area contributed by atoms with Crippen LogP contribution in [-0.4, -0.2) is 29.6 Å². The van der Waals surface area contributed by atoms with Gasteiger partial charge >= 0.3 is 0 Å². The first-order valence-electron chi connectivity index (χ1n) is 4.04. The fourth-order valence-electron chi connectivity index (χ4n) is 1.02. The third-order valence-corrected chi connectivity index (χ3v) is 1.92. The molecule has 0 aliphatic rings. The number of nitrogens with zero attached hydrogens (tertiary/aromatic N) is 3. The van der Waals surface area contributed by atoms with E-state index in [2.05, 4.69) is 25.9 Å². The highest BCUT2D eigenvalue weighted by molar-refractivity contribution is 9.10. The van der Waals surface area contributed by atoms with Crippen molar-refractivity contribution in [3.8, 4) is 0 Å². The fourth-order valence-corrected chi connectivity index (χ4v) is 1.22. The van der Waals surface area contributed by atoms with Gasteiger partial charge in [0.1, 0.15) is 0 Å². The van der Waals surface area contributed by atoms with Crippen molar-refractivity contribution in [2.75, 3.05) is 18.5 Å². The first-order valence-corrected chi connectivity index (χ1v) is 4.83. The van der Waals surface area contributed by atoms with Crippen molar-refractivity contribution in [1.82, 2.24) is 9.97 Å². The standard InChI is InChI=1S/C8H13BrN4/c1-6(10)5-13(2)8-11-3-7(9)4-12-8/h3-4,6H,5,10H2,1-2H3. The molecule has 1 aromatic heterocycles. The van der Waals surface area contributed by atoms with Crippen molar-refractivity contribution in [2.45, 2.75) is 13.0 Å². The molecular weight excluding hydrogens is 232 g/mol. The predicted octanol–water partition coefficient (Wildman–Crippen LogP) is 1.02. The van der Waals surface area contributed by atoms with E-state index in [-0.39, 0.29) is 6.04 Å². The molecule has 0 aromatic carbocycles. The number of rotatable bonds is 3. The molecule has 0 radical (unpaired) electrons. The van der Waals surface area contributed by atoms with Gasteiger partial charge in [0.05, 0.1) is 4.47 Å². The number of nitrogens with two attached hydrogens (primary N) is 1. The van der Waals surface area contributed by atoms with Crippen LogP contribution in [0.15, 0.2) is 16.9 Å². The van der Waals surface area contributed by atoms with Gasteiger partial charge in [0.15, 0.2) is 0 Å². The smallest absolute Gasteiger partial charge is 0.225 e. The average Bonchev–Trinajstić information content (AvgIpc) is 2.04. The summed E-state index contributed by atoms with van der Waals surface area (Å²) >= 11 is 3.28. The van der Waals surface area contributed by atoms with Crippen molar-refractivity contribution in [3.05, 3.63) is 16.9 Å². The zero-order valence-electron chi connectivity index (χ0n) is 7.74. The Morgan fingerprint density at radius 1 is 1.54 bits per heavy atom. The van der Waals surface area contributed by atoms with Crippen LogP contribution in [0, 0.1) is 0 Å². The number of aromatic nitrogens is 2. The van der Waals surface area contributed by atoms with Gasteiger partial charge in [-0.3, -0.25) is 0 Å². The number of likely N-dealkylation sites (N-methyl/N-ethyl adjacent to an activating group) is 1. The average molecular weight is 245 g/mol. The maximum atomic E-state index is 5.65. The Bertz CT molecular complexity index is 259. The molecule has 5 heteroatoms. The summed E-state index contributed by atoms with van der Waals surface area (Å²) < 4.78 is 0.880. The van der Waals surface area contributed by atoms with Gasteiger partial charge < -0.3 is 10.6 Å². The van der Waals surface area contributed by atoms with Crippen LogP contribution in [0.2, 0.25) is 0 Å². The van der Waals surface area contributed by atoms with E-state index < -0.39 is 0 Å². The minimum absolute atomic E-state index is 0.122. The largest absolute Gasteiger partial charge is 0.342 e. The molecule has 72 valence electrons. The first-order chi connectivity index (χ1) is 6.09. The van der Waals surface area contributed by atoms with E-state index in [1.165, 1.54) is 0 Å². The highest BCUT2D eigenvalue weighted by Crippen LogP contribution is 2.09. The van der Waals surface area contributed by atoms with Crippen LogP contribution in [-0.2, 0) is 0 Å². The number of hydrogen-bond donors (Lipinski definition) is 1. The Morgan fingerprint density at radius 3 is 2.54 bits per heavy atom. The van der Waals surface area contributed by atoms with Crippen LogP contribution in [0.5, 0.6) is 0 Å². The lowest BCUT2D eigenvalue weighted by Crippen LogP contribution is -2.33. The van der Waals surface area contributed by atoms with E-state index >= 15 is 0 Å². The Balaban J connectivity index is 2.66. The molecule has 0 spiro atoms. The molecule has 13 heavy (non-hydrogen) atoms.